The number of halogens is 6. The molecule has 3 N–H and O–H groups in total. The molecule has 12 heteroatoms. The Morgan fingerprint density at radius 2 is 1.47 bits per heavy atom. The molecule has 2 aromatic carbocycles. The van der Waals surface area contributed by atoms with Gasteiger partial charge in [-0.3, -0.25) is 4.79 Å². The zero-order valence-corrected chi connectivity index (χ0v) is 17.6. The van der Waals surface area contributed by atoms with Gasteiger partial charge in [-0.1, -0.05) is 0 Å². The molecule has 2 aromatic rings. The molecule has 0 unspecified atom stereocenters. The number of nitrogens with two attached hydrogens (primary N) is 1. The molecule has 0 saturated carbocycles. The third-order valence-corrected chi connectivity index (χ3v) is 6.07. The Labute approximate surface area is 190 Å². The average Bonchev–Trinajstić information content (AvgIpc) is 3.35. The van der Waals surface area contributed by atoms with E-state index in [1.807, 2.05) is 0 Å². The van der Waals surface area contributed by atoms with Gasteiger partial charge in [0, 0.05) is 43.8 Å². The smallest absolute Gasteiger partial charge is 0.322 e. The van der Waals surface area contributed by atoms with Crippen molar-refractivity contribution in [3.05, 3.63) is 64.7 Å². The first-order valence-electron chi connectivity index (χ1n) is 10.4. The van der Waals surface area contributed by atoms with Crippen LogP contribution in [0.15, 0.2) is 24.3 Å². The normalized spacial score (nSPS) is 20.1. The standard InChI is InChI=1S/C22H20F6N4O2/c23-11-3-18(27)21(19(28)4-11)30-22(34)32-9-13-6-14(32)8-31(13)20(33)5-12(29)1-10-2-16(25)17(26)7-15(10)24/h2-4,7,12-14H,1,5-6,8-9,29H2,(H,30,34)/t12-,13+,14+/m1/s1. The first-order chi connectivity index (χ1) is 16.0. The maximum absolute atomic E-state index is 13.8. The number of benzene rings is 2. The molecule has 2 bridgehead atoms. The summed E-state index contributed by atoms with van der Waals surface area (Å²) in [6, 6.07) is -0.365. The van der Waals surface area contributed by atoms with E-state index >= 15 is 0 Å². The van der Waals surface area contributed by atoms with Crippen LogP contribution in [0.3, 0.4) is 0 Å². The molecule has 0 spiro atoms. The summed E-state index contributed by atoms with van der Waals surface area (Å²) in [5.41, 5.74) is 5.01. The van der Waals surface area contributed by atoms with Crippen LogP contribution in [0.4, 0.5) is 36.8 Å². The molecule has 2 saturated heterocycles. The minimum atomic E-state index is -1.32. The van der Waals surface area contributed by atoms with Crippen molar-refractivity contribution < 1.29 is 35.9 Å². The fraction of sp³-hybridized carbons (Fsp3) is 0.364. The lowest BCUT2D eigenvalue weighted by atomic mass is 10.0. The molecule has 34 heavy (non-hydrogen) atoms. The predicted octanol–water partition coefficient (Wildman–Crippen LogP) is 3.30. The average molecular weight is 486 g/mol. The van der Waals surface area contributed by atoms with Gasteiger partial charge in [0.2, 0.25) is 5.91 Å². The van der Waals surface area contributed by atoms with E-state index in [0.717, 1.165) is 0 Å². The van der Waals surface area contributed by atoms with Crippen molar-refractivity contribution in [1.82, 2.24) is 9.80 Å². The molecular weight excluding hydrogens is 466 g/mol. The highest BCUT2D eigenvalue weighted by atomic mass is 19.2. The highest BCUT2D eigenvalue weighted by Crippen LogP contribution is 2.32. The van der Waals surface area contributed by atoms with Crippen LogP contribution in [-0.4, -0.2) is 53.0 Å². The largest absolute Gasteiger partial charge is 0.336 e. The van der Waals surface area contributed by atoms with Gasteiger partial charge < -0.3 is 20.9 Å². The number of nitrogens with zero attached hydrogens (tertiary/aromatic N) is 2. The third kappa shape index (κ3) is 4.67. The van der Waals surface area contributed by atoms with E-state index < -0.39 is 58.7 Å². The van der Waals surface area contributed by atoms with E-state index in [0.29, 0.717) is 30.7 Å². The second-order valence-corrected chi connectivity index (χ2v) is 8.44. The fourth-order valence-corrected chi connectivity index (χ4v) is 4.48. The summed E-state index contributed by atoms with van der Waals surface area (Å²) in [6.07, 6.45) is 0.0838. The minimum Gasteiger partial charge on any atom is -0.336 e. The van der Waals surface area contributed by atoms with E-state index in [2.05, 4.69) is 5.32 Å². The maximum Gasteiger partial charge on any atom is 0.322 e. The van der Waals surface area contributed by atoms with Gasteiger partial charge in [0.05, 0.1) is 12.1 Å². The van der Waals surface area contributed by atoms with Gasteiger partial charge in [-0.15, -0.1) is 0 Å². The molecule has 0 aliphatic carbocycles. The topological polar surface area (TPSA) is 78.7 Å². The number of rotatable bonds is 5. The summed E-state index contributed by atoms with van der Waals surface area (Å²) in [5, 5.41) is 2.10. The lowest BCUT2D eigenvalue weighted by molar-refractivity contribution is -0.133. The van der Waals surface area contributed by atoms with E-state index in [1.165, 1.54) is 9.80 Å². The maximum atomic E-state index is 13.8. The van der Waals surface area contributed by atoms with Gasteiger partial charge in [0.15, 0.2) is 23.3 Å². The van der Waals surface area contributed by atoms with Gasteiger partial charge in [0.25, 0.3) is 0 Å². The summed E-state index contributed by atoms with van der Waals surface area (Å²) >= 11 is 0. The molecule has 2 heterocycles. The van der Waals surface area contributed by atoms with Crippen LogP contribution in [0.25, 0.3) is 0 Å². The lowest BCUT2D eigenvalue weighted by Crippen LogP contribution is -2.52. The molecule has 6 nitrogen and oxygen atoms in total. The molecule has 0 radical (unpaired) electrons. The number of nitrogens with one attached hydrogen (secondary N) is 1. The number of anilines is 1. The number of carbonyl (C=O) groups is 2. The van der Waals surface area contributed by atoms with Crippen molar-refractivity contribution >= 4 is 17.6 Å². The quantitative estimate of drug-likeness (QED) is 0.503. The van der Waals surface area contributed by atoms with Gasteiger partial charge in [-0.05, 0) is 24.5 Å². The molecule has 2 aliphatic heterocycles. The number of carbonyl (C=O) groups excluding carboxylic acids is 2. The third-order valence-electron chi connectivity index (χ3n) is 6.07. The zero-order valence-electron chi connectivity index (χ0n) is 17.6. The van der Waals surface area contributed by atoms with Gasteiger partial charge in [0.1, 0.15) is 17.3 Å². The summed E-state index contributed by atoms with van der Waals surface area (Å²) in [7, 11) is 0. The first kappa shape index (κ1) is 23.9. The van der Waals surface area contributed by atoms with E-state index in [9.17, 15) is 35.9 Å². The fourth-order valence-electron chi connectivity index (χ4n) is 4.48. The van der Waals surface area contributed by atoms with Crippen molar-refractivity contribution in [2.75, 3.05) is 18.4 Å². The van der Waals surface area contributed by atoms with Gasteiger partial charge >= 0.3 is 6.03 Å². The summed E-state index contributed by atoms with van der Waals surface area (Å²) < 4.78 is 81.0. The molecular formula is C22H20F6N4O2. The summed E-state index contributed by atoms with van der Waals surface area (Å²) in [6.45, 7) is 0.275. The van der Waals surface area contributed by atoms with Crippen LogP contribution in [0, 0.1) is 34.9 Å². The number of hydrogen-bond donors (Lipinski definition) is 2. The van der Waals surface area contributed by atoms with E-state index in [1.54, 1.807) is 0 Å². The number of fused-ring (bicyclic) bond motifs is 2. The van der Waals surface area contributed by atoms with Crippen molar-refractivity contribution in [3.63, 3.8) is 0 Å². The van der Waals surface area contributed by atoms with Crippen LogP contribution in [0.1, 0.15) is 18.4 Å². The van der Waals surface area contributed by atoms with Crippen molar-refractivity contribution in [1.29, 1.82) is 0 Å². The number of piperazine rings is 1. The zero-order chi connectivity index (χ0) is 24.7. The minimum absolute atomic E-state index is 0.111. The van der Waals surface area contributed by atoms with Crippen LogP contribution in [0.2, 0.25) is 0 Å². The monoisotopic (exact) mass is 486 g/mol. The second kappa shape index (κ2) is 9.16. The summed E-state index contributed by atoms with van der Waals surface area (Å²) in [4.78, 5) is 28.1. The number of hydrogen-bond acceptors (Lipinski definition) is 3. The number of amides is 3. The predicted molar refractivity (Wildman–Crippen MR) is 109 cm³/mol. The molecule has 3 atom stereocenters. The van der Waals surface area contributed by atoms with Crippen LogP contribution >= 0.6 is 0 Å². The first-order valence-corrected chi connectivity index (χ1v) is 10.4. The molecule has 182 valence electrons. The number of urea groups is 1. The SMILES string of the molecule is N[C@@H](CC(=O)N1C[C@@H]2C[C@H]1CN2C(=O)Nc1c(F)cc(F)cc1F)Cc1cc(F)c(F)cc1F. The molecule has 2 aliphatic rings. The van der Waals surface area contributed by atoms with Crippen LogP contribution < -0.4 is 11.1 Å². The Kier molecular flexibility index (Phi) is 6.43. The molecule has 2 fully saturated rings. The Morgan fingerprint density at radius 3 is 2.09 bits per heavy atom. The van der Waals surface area contributed by atoms with Crippen LogP contribution in [-0.2, 0) is 11.2 Å². The second-order valence-electron chi connectivity index (χ2n) is 8.44. The summed E-state index contributed by atoms with van der Waals surface area (Å²) in [5.74, 6) is -7.47. The highest BCUT2D eigenvalue weighted by molar-refractivity contribution is 5.90. The molecule has 0 aromatic heterocycles. The highest BCUT2D eigenvalue weighted by Gasteiger charge is 2.47. The van der Waals surface area contributed by atoms with E-state index in [-0.39, 0.29) is 43.4 Å². The van der Waals surface area contributed by atoms with Gasteiger partial charge in [-0.25, -0.2) is 31.1 Å². The van der Waals surface area contributed by atoms with E-state index in [4.69, 9.17) is 5.73 Å². The number of likely N-dealkylation sites (tertiary alicyclic amines) is 2. The molecule has 3 amide bonds. The van der Waals surface area contributed by atoms with Gasteiger partial charge in [-0.2, -0.15) is 0 Å². The Hall–Kier alpha value is -3.28. The van der Waals surface area contributed by atoms with Crippen molar-refractivity contribution in [3.8, 4) is 0 Å². The lowest BCUT2D eigenvalue weighted by Gasteiger charge is -2.34. The van der Waals surface area contributed by atoms with Crippen molar-refractivity contribution in [2.24, 2.45) is 5.73 Å². The Morgan fingerprint density at radius 1 is 0.882 bits per heavy atom. The molecule has 4 rings (SSSR count). The Balaban J connectivity index is 1.33. The Bertz CT molecular complexity index is 1120. The van der Waals surface area contributed by atoms with Crippen LogP contribution in [0.5, 0.6) is 0 Å². The van der Waals surface area contributed by atoms with Crippen molar-refractivity contribution in [2.45, 2.75) is 37.4 Å².